The SMILES string of the molecule is CCOc1cc(/C=N/Nc2nc3c(c(=O)n(C)c(=O)n3C)n2Cc2ccc(C)cc2)ccc1O. The van der Waals surface area contributed by atoms with Crippen molar-refractivity contribution in [2.24, 2.45) is 19.2 Å². The van der Waals surface area contributed by atoms with Crippen LogP contribution in [0.2, 0.25) is 0 Å². The van der Waals surface area contributed by atoms with E-state index in [4.69, 9.17) is 4.74 Å². The van der Waals surface area contributed by atoms with Crippen molar-refractivity contribution in [3.63, 3.8) is 0 Å². The lowest BCUT2D eigenvalue weighted by Crippen LogP contribution is -2.37. The number of hydrogen-bond acceptors (Lipinski definition) is 7. The summed E-state index contributed by atoms with van der Waals surface area (Å²) in [5, 5.41) is 14.1. The number of aromatic nitrogens is 4. The van der Waals surface area contributed by atoms with Crippen molar-refractivity contribution in [3.05, 3.63) is 80.0 Å². The average Bonchev–Trinajstić information content (AvgIpc) is 3.18. The van der Waals surface area contributed by atoms with E-state index in [1.165, 1.54) is 17.7 Å². The summed E-state index contributed by atoms with van der Waals surface area (Å²) in [5.74, 6) is 0.717. The molecule has 4 aromatic rings. The second-order valence-electron chi connectivity index (χ2n) is 7.92. The monoisotopic (exact) mass is 462 g/mol. The molecular weight excluding hydrogens is 436 g/mol. The Morgan fingerprint density at radius 1 is 1.12 bits per heavy atom. The highest BCUT2D eigenvalue weighted by molar-refractivity contribution is 5.81. The summed E-state index contributed by atoms with van der Waals surface area (Å²) in [5.41, 5.74) is 5.35. The Bertz CT molecular complexity index is 1500. The summed E-state index contributed by atoms with van der Waals surface area (Å²) >= 11 is 0. The maximum atomic E-state index is 13.0. The van der Waals surface area contributed by atoms with Gasteiger partial charge in [0.05, 0.1) is 19.4 Å². The van der Waals surface area contributed by atoms with E-state index in [1.807, 2.05) is 38.1 Å². The summed E-state index contributed by atoms with van der Waals surface area (Å²) in [4.78, 5) is 29.9. The first kappa shape index (κ1) is 22.8. The van der Waals surface area contributed by atoms with Crippen molar-refractivity contribution in [1.82, 2.24) is 18.7 Å². The van der Waals surface area contributed by atoms with Gasteiger partial charge in [0, 0.05) is 14.1 Å². The zero-order valence-corrected chi connectivity index (χ0v) is 19.4. The first-order chi connectivity index (χ1) is 16.3. The van der Waals surface area contributed by atoms with Crippen molar-refractivity contribution < 1.29 is 9.84 Å². The predicted octanol–water partition coefficient (Wildman–Crippen LogP) is 2.34. The van der Waals surface area contributed by atoms with E-state index in [-0.39, 0.29) is 11.4 Å². The van der Waals surface area contributed by atoms with E-state index >= 15 is 0 Å². The third-order valence-electron chi connectivity index (χ3n) is 5.47. The number of rotatable bonds is 7. The highest BCUT2D eigenvalue weighted by Gasteiger charge is 2.19. The quantitative estimate of drug-likeness (QED) is 0.322. The van der Waals surface area contributed by atoms with E-state index < -0.39 is 11.2 Å². The molecule has 0 aliphatic carbocycles. The summed E-state index contributed by atoms with van der Waals surface area (Å²) in [7, 11) is 3.02. The number of phenolic OH excluding ortho intramolecular Hbond substituents is 1. The molecule has 10 heteroatoms. The minimum absolute atomic E-state index is 0.0450. The molecule has 2 N–H and O–H groups in total. The molecule has 176 valence electrons. The highest BCUT2D eigenvalue weighted by atomic mass is 16.5. The summed E-state index contributed by atoms with van der Waals surface area (Å²) in [6.45, 7) is 4.61. The Morgan fingerprint density at radius 3 is 2.56 bits per heavy atom. The molecule has 0 aliphatic rings. The largest absolute Gasteiger partial charge is 0.504 e. The van der Waals surface area contributed by atoms with Gasteiger partial charge in [-0.15, -0.1) is 0 Å². The van der Waals surface area contributed by atoms with Crippen LogP contribution < -0.4 is 21.4 Å². The fourth-order valence-corrected chi connectivity index (χ4v) is 3.61. The molecule has 0 saturated carbocycles. The minimum atomic E-state index is -0.458. The van der Waals surface area contributed by atoms with Crippen LogP contribution in [0.25, 0.3) is 11.2 Å². The van der Waals surface area contributed by atoms with Crippen LogP contribution in [-0.4, -0.2) is 36.6 Å². The number of hydrazone groups is 1. The Labute approximate surface area is 195 Å². The van der Waals surface area contributed by atoms with E-state index in [2.05, 4.69) is 15.5 Å². The topological polar surface area (TPSA) is 116 Å². The standard InChI is InChI=1S/C24H26N6O4/c1-5-34-19-12-17(10-11-18(19)31)13-25-27-23-26-21-20(22(32)29(4)24(33)28(21)3)30(23)14-16-8-6-15(2)7-9-16/h6-13,31H,5,14H2,1-4H3,(H,26,27)/b25-13+. The Kier molecular flexibility index (Phi) is 6.22. The summed E-state index contributed by atoms with van der Waals surface area (Å²) in [6.07, 6.45) is 1.55. The number of aromatic hydroxyl groups is 1. The molecule has 0 atom stereocenters. The van der Waals surface area contributed by atoms with Crippen LogP contribution in [0, 0.1) is 6.92 Å². The number of imidazole rings is 1. The first-order valence-corrected chi connectivity index (χ1v) is 10.8. The van der Waals surface area contributed by atoms with Gasteiger partial charge in [-0.1, -0.05) is 29.8 Å². The molecule has 0 bridgehead atoms. The van der Waals surface area contributed by atoms with Crippen molar-refractivity contribution in [2.45, 2.75) is 20.4 Å². The molecular formula is C24H26N6O4. The van der Waals surface area contributed by atoms with Gasteiger partial charge in [0.15, 0.2) is 22.7 Å². The van der Waals surface area contributed by atoms with Crippen LogP contribution in [0.5, 0.6) is 11.5 Å². The van der Waals surface area contributed by atoms with Gasteiger partial charge in [-0.05, 0) is 43.2 Å². The number of aryl methyl sites for hydroxylation is 2. The minimum Gasteiger partial charge on any atom is -0.504 e. The Hall–Kier alpha value is -4.34. The zero-order valence-electron chi connectivity index (χ0n) is 19.4. The molecule has 10 nitrogen and oxygen atoms in total. The van der Waals surface area contributed by atoms with Gasteiger partial charge in [0.1, 0.15) is 0 Å². The highest BCUT2D eigenvalue weighted by Crippen LogP contribution is 2.26. The summed E-state index contributed by atoms with van der Waals surface area (Å²) < 4.78 is 9.52. The molecule has 0 saturated heterocycles. The van der Waals surface area contributed by atoms with Gasteiger partial charge in [-0.3, -0.25) is 18.5 Å². The van der Waals surface area contributed by atoms with E-state index in [9.17, 15) is 14.7 Å². The normalized spacial score (nSPS) is 11.4. The third-order valence-corrected chi connectivity index (χ3v) is 5.47. The van der Waals surface area contributed by atoms with Gasteiger partial charge in [0.2, 0.25) is 5.95 Å². The second kappa shape index (κ2) is 9.26. The van der Waals surface area contributed by atoms with Gasteiger partial charge < -0.3 is 9.84 Å². The van der Waals surface area contributed by atoms with E-state index in [1.54, 1.807) is 30.0 Å². The van der Waals surface area contributed by atoms with Crippen LogP contribution >= 0.6 is 0 Å². The van der Waals surface area contributed by atoms with Gasteiger partial charge in [-0.2, -0.15) is 10.1 Å². The molecule has 0 spiro atoms. The molecule has 0 radical (unpaired) electrons. The fraction of sp³-hybridized carbons (Fsp3) is 0.250. The van der Waals surface area contributed by atoms with Crippen LogP contribution in [0.3, 0.4) is 0 Å². The maximum absolute atomic E-state index is 13.0. The van der Waals surface area contributed by atoms with Crippen molar-refractivity contribution in [1.29, 1.82) is 0 Å². The number of nitrogens with zero attached hydrogens (tertiary/aromatic N) is 5. The number of benzene rings is 2. The molecule has 0 amide bonds. The van der Waals surface area contributed by atoms with E-state index in [0.717, 1.165) is 15.7 Å². The van der Waals surface area contributed by atoms with Gasteiger partial charge in [-0.25, -0.2) is 10.2 Å². The van der Waals surface area contributed by atoms with Crippen LogP contribution in [-0.2, 0) is 20.6 Å². The number of hydrogen-bond donors (Lipinski definition) is 2. The molecule has 34 heavy (non-hydrogen) atoms. The lowest BCUT2D eigenvalue weighted by atomic mass is 10.1. The van der Waals surface area contributed by atoms with Crippen molar-refractivity contribution >= 4 is 23.3 Å². The molecule has 0 aliphatic heterocycles. The molecule has 0 unspecified atom stereocenters. The lowest BCUT2D eigenvalue weighted by molar-refractivity contribution is 0.318. The third kappa shape index (κ3) is 4.29. The molecule has 2 aromatic heterocycles. The molecule has 0 fully saturated rings. The van der Waals surface area contributed by atoms with Crippen LogP contribution in [0.4, 0.5) is 5.95 Å². The number of nitrogens with one attached hydrogen (secondary N) is 1. The predicted molar refractivity (Wildman–Crippen MR) is 131 cm³/mol. The number of phenols is 1. The van der Waals surface area contributed by atoms with Crippen molar-refractivity contribution in [3.8, 4) is 11.5 Å². The number of anilines is 1. The number of fused-ring (bicyclic) bond motifs is 1. The average molecular weight is 463 g/mol. The summed E-state index contributed by atoms with van der Waals surface area (Å²) in [6, 6.07) is 12.8. The van der Waals surface area contributed by atoms with E-state index in [0.29, 0.717) is 35.9 Å². The number of ether oxygens (including phenoxy) is 1. The Balaban J connectivity index is 1.76. The van der Waals surface area contributed by atoms with Crippen LogP contribution in [0.15, 0.2) is 57.2 Å². The fourth-order valence-electron chi connectivity index (χ4n) is 3.61. The molecule has 4 rings (SSSR count). The Morgan fingerprint density at radius 2 is 1.85 bits per heavy atom. The molecule has 2 aromatic carbocycles. The molecule has 2 heterocycles. The second-order valence-corrected chi connectivity index (χ2v) is 7.92. The van der Waals surface area contributed by atoms with Gasteiger partial charge in [0.25, 0.3) is 5.56 Å². The first-order valence-electron chi connectivity index (χ1n) is 10.8. The lowest BCUT2D eigenvalue weighted by Gasteiger charge is -2.10. The maximum Gasteiger partial charge on any atom is 0.332 e. The smallest absolute Gasteiger partial charge is 0.332 e. The van der Waals surface area contributed by atoms with Crippen LogP contribution in [0.1, 0.15) is 23.6 Å². The van der Waals surface area contributed by atoms with Crippen molar-refractivity contribution in [2.75, 3.05) is 12.0 Å². The zero-order chi connectivity index (χ0) is 24.4. The van der Waals surface area contributed by atoms with Gasteiger partial charge >= 0.3 is 5.69 Å².